The molecule has 0 saturated carbocycles. The predicted octanol–water partition coefficient (Wildman–Crippen LogP) is 4.91. The number of hydrogen-bond donors (Lipinski definition) is 1. The molecule has 1 N–H and O–H groups in total. The van der Waals surface area contributed by atoms with Gasteiger partial charge in [-0.2, -0.15) is 13.2 Å². The molecule has 0 fully saturated rings. The van der Waals surface area contributed by atoms with Crippen LogP contribution in [0.15, 0.2) is 36.4 Å². The Balaban J connectivity index is 1.94. The van der Waals surface area contributed by atoms with Gasteiger partial charge in [-0.3, -0.25) is 14.5 Å². The van der Waals surface area contributed by atoms with E-state index in [2.05, 4.69) is 9.50 Å². The molecule has 0 bridgehead atoms. The summed E-state index contributed by atoms with van der Waals surface area (Å²) in [6, 6.07) is 7.39. The smallest absolute Gasteiger partial charge is 0.493 e. The second-order valence-electron chi connectivity index (χ2n) is 9.62. The summed E-state index contributed by atoms with van der Waals surface area (Å²) in [7, 11) is 2.85. The van der Waals surface area contributed by atoms with Crippen LogP contribution in [0.3, 0.4) is 0 Å². The fraction of sp³-hybridized carbons (Fsp3) is 0.423. The molecule has 0 aliphatic carbocycles. The van der Waals surface area contributed by atoms with Crippen LogP contribution in [0.2, 0.25) is 0 Å². The molecule has 0 saturated heterocycles. The van der Waals surface area contributed by atoms with Crippen LogP contribution in [0.25, 0.3) is 0 Å². The van der Waals surface area contributed by atoms with Gasteiger partial charge in [0.05, 0.1) is 31.4 Å². The lowest BCUT2D eigenvalue weighted by atomic mass is 9.99. The first kappa shape index (κ1) is 30.7. The highest BCUT2D eigenvalue weighted by molar-refractivity contribution is 7.81. The number of amides is 3. The normalized spacial score (nSPS) is 14.8. The molecule has 3 amide bonds. The van der Waals surface area contributed by atoms with E-state index in [0.29, 0.717) is 17.1 Å². The molecule has 40 heavy (non-hydrogen) atoms. The van der Waals surface area contributed by atoms with Crippen LogP contribution in [0, 0.1) is 0 Å². The van der Waals surface area contributed by atoms with Crippen molar-refractivity contribution in [1.82, 2.24) is 10.2 Å². The highest BCUT2D eigenvalue weighted by Gasteiger charge is 2.45. The first-order chi connectivity index (χ1) is 18.7. The van der Waals surface area contributed by atoms with E-state index in [-0.39, 0.29) is 24.9 Å². The highest BCUT2D eigenvalue weighted by Crippen LogP contribution is 2.40. The number of halogens is 3. The molecule has 0 radical (unpaired) electrons. The van der Waals surface area contributed by atoms with Gasteiger partial charge in [-0.1, -0.05) is 12.1 Å². The zero-order chi connectivity index (χ0) is 29.8. The van der Waals surface area contributed by atoms with Crippen molar-refractivity contribution in [3.63, 3.8) is 0 Å². The van der Waals surface area contributed by atoms with E-state index in [1.807, 2.05) is 0 Å². The molecule has 2 aromatic carbocycles. The van der Waals surface area contributed by atoms with Crippen LogP contribution in [-0.4, -0.2) is 58.9 Å². The minimum atomic E-state index is -5.20. The number of fused-ring (bicyclic) bond motifs is 1. The Morgan fingerprint density at radius 3 is 2.27 bits per heavy atom. The Kier molecular flexibility index (Phi) is 9.33. The molecule has 1 unspecified atom stereocenters. The number of carbonyl (C=O) groups is 3. The molecular formula is C26H29F3N2O8S. The van der Waals surface area contributed by atoms with Crippen molar-refractivity contribution in [2.24, 2.45) is 0 Å². The lowest BCUT2D eigenvalue weighted by Gasteiger charge is -2.27. The minimum absolute atomic E-state index is 0.140. The molecule has 10 nitrogen and oxygen atoms in total. The zero-order valence-electron chi connectivity index (χ0n) is 22.4. The average molecular weight is 587 g/mol. The Bertz CT molecular complexity index is 1310. The van der Waals surface area contributed by atoms with Gasteiger partial charge < -0.3 is 23.7 Å². The number of ether oxygens (including phenoxy) is 3. The Hall–Kier alpha value is -3.81. The molecule has 0 aromatic heterocycles. The summed E-state index contributed by atoms with van der Waals surface area (Å²) in [6.07, 6.45) is -0.204. The largest absolute Gasteiger partial charge is 0.508 e. The molecule has 14 heteroatoms. The number of nitrogens with one attached hydrogen (secondary N) is 1. The molecule has 218 valence electrons. The van der Waals surface area contributed by atoms with E-state index in [1.54, 1.807) is 39.0 Å². The number of imide groups is 1. The molecule has 2 atom stereocenters. The summed E-state index contributed by atoms with van der Waals surface area (Å²) < 4.78 is 70.7. The monoisotopic (exact) mass is 586 g/mol. The maximum Gasteiger partial charge on any atom is 0.508 e. The third-order valence-electron chi connectivity index (χ3n) is 5.69. The van der Waals surface area contributed by atoms with Crippen molar-refractivity contribution in [1.29, 1.82) is 0 Å². The number of hydrogen-bond acceptors (Lipinski definition) is 8. The topological polar surface area (TPSA) is 120 Å². The molecule has 1 aliphatic rings. The second kappa shape index (κ2) is 12.1. The Labute approximate surface area is 231 Å². The van der Waals surface area contributed by atoms with Gasteiger partial charge in [-0.25, -0.2) is 9.00 Å². The second-order valence-corrected chi connectivity index (χ2v) is 10.7. The Morgan fingerprint density at radius 1 is 1.00 bits per heavy atom. The number of nitrogens with zero attached hydrogens (tertiary/aromatic N) is 1. The maximum absolute atomic E-state index is 13.5. The third kappa shape index (κ3) is 7.03. The minimum Gasteiger partial charge on any atom is -0.493 e. The molecule has 2 aromatic rings. The number of alkyl halides is 3. The molecular weight excluding hydrogens is 557 g/mol. The van der Waals surface area contributed by atoms with Crippen LogP contribution in [0.5, 0.6) is 17.2 Å². The number of methoxy groups -OCH3 is 2. The van der Waals surface area contributed by atoms with Gasteiger partial charge in [0.25, 0.3) is 11.8 Å². The van der Waals surface area contributed by atoms with Gasteiger partial charge in [-0.15, -0.1) is 0 Å². The van der Waals surface area contributed by atoms with E-state index in [0.717, 1.165) is 11.0 Å². The van der Waals surface area contributed by atoms with Gasteiger partial charge in [0.15, 0.2) is 17.2 Å². The summed E-state index contributed by atoms with van der Waals surface area (Å²) in [5, 5.41) is 2.61. The highest BCUT2D eigenvalue weighted by atomic mass is 32.2. The van der Waals surface area contributed by atoms with Gasteiger partial charge in [0, 0.05) is 6.54 Å². The first-order valence-corrected chi connectivity index (χ1v) is 13.1. The van der Waals surface area contributed by atoms with Crippen LogP contribution >= 0.6 is 0 Å². The van der Waals surface area contributed by atoms with Crippen LogP contribution in [-0.2, 0) is 15.8 Å². The maximum atomic E-state index is 13.5. The summed E-state index contributed by atoms with van der Waals surface area (Å²) >= 11 is -3.76. The SMILES string of the molecule is COc1ccc([C@@H](CCCNC(=O)OC(C)(C)C)N2C(=O)c3cccc(OS(=O)C(F)(F)F)c3C2=O)cc1OC. The summed E-state index contributed by atoms with van der Waals surface area (Å²) in [5.41, 5.74) is -6.06. The number of benzene rings is 2. The van der Waals surface area contributed by atoms with E-state index < -0.39 is 57.5 Å². The van der Waals surface area contributed by atoms with Gasteiger partial charge >= 0.3 is 22.7 Å². The van der Waals surface area contributed by atoms with Crippen molar-refractivity contribution >= 4 is 29.0 Å². The van der Waals surface area contributed by atoms with Crippen LogP contribution in [0.1, 0.15) is 65.9 Å². The van der Waals surface area contributed by atoms with E-state index in [4.69, 9.17) is 14.2 Å². The van der Waals surface area contributed by atoms with Gasteiger partial charge in [0.1, 0.15) is 5.60 Å². The molecule has 3 rings (SSSR count). The van der Waals surface area contributed by atoms with E-state index in [1.165, 1.54) is 26.4 Å². The third-order valence-corrected chi connectivity index (χ3v) is 6.40. The fourth-order valence-corrected chi connectivity index (χ4v) is 4.46. The van der Waals surface area contributed by atoms with Crippen molar-refractivity contribution in [3.05, 3.63) is 53.1 Å². The van der Waals surface area contributed by atoms with E-state index >= 15 is 0 Å². The van der Waals surface area contributed by atoms with Crippen molar-refractivity contribution in [3.8, 4) is 17.2 Å². The Morgan fingerprint density at radius 2 is 1.68 bits per heavy atom. The number of alkyl carbamates (subject to hydrolysis) is 1. The number of rotatable bonds is 10. The van der Waals surface area contributed by atoms with Crippen molar-refractivity contribution in [2.75, 3.05) is 20.8 Å². The quantitative estimate of drug-likeness (QED) is 0.308. The van der Waals surface area contributed by atoms with Crippen LogP contribution < -0.4 is 19.0 Å². The molecule has 1 aliphatic heterocycles. The van der Waals surface area contributed by atoms with Gasteiger partial charge in [0.2, 0.25) is 0 Å². The lowest BCUT2D eigenvalue weighted by molar-refractivity contribution is -0.0438. The average Bonchev–Trinajstić information content (AvgIpc) is 3.12. The summed E-state index contributed by atoms with van der Waals surface area (Å²) in [4.78, 5) is 39.9. The summed E-state index contributed by atoms with van der Waals surface area (Å²) in [6.45, 7) is 5.28. The molecule has 1 heterocycles. The lowest BCUT2D eigenvalue weighted by Crippen LogP contribution is -2.36. The fourth-order valence-electron chi connectivity index (χ4n) is 4.06. The van der Waals surface area contributed by atoms with E-state index in [9.17, 15) is 31.8 Å². The first-order valence-electron chi connectivity index (χ1n) is 12.0. The van der Waals surface area contributed by atoms with Crippen molar-refractivity contribution in [2.45, 2.75) is 50.8 Å². The standard InChI is InChI=1S/C26H29F3N2O8S/c1-25(2,3)38-24(34)30-13-7-9-17(15-11-12-18(36-4)20(14-15)37-5)31-22(32)16-8-6-10-19(21(16)23(31)33)39-40(35)26(27,28)29/h6,8,10-12,14,17H,7,9,13H2,1-5H3,(H,30,34)/t17-,40?/m1/s1. The zero-order valence-corrected chi connectivity index (χ0v) is 23.2. The van der Waals surface area contributed by atoms with Gasteiger partial charge in [-0.05, 0) is 63.4 Å². The van der Waals surface area contributed by atoms with Crippen LogP contribution in [0.4, 0.5) is 18.0 Å². The number of carbonyl (C=O) groups excluding carboxylic acids is 3. The predicted molar refractivity (Wildman–Crippen MR) is 138 cm³/mol. The summed E-state index contributed by atoms with van der Waals surface area (Å²) in [5.74, 6) is -1.62. The van der Waals surface area contributed by atoms with Crippen molar-refractivity contribution < 1.29 is 50.2 Å². The molecule has 0 spiro atoms.